The van der Waals surface area contributed by atoms with Gasteiger partial charge >= 0.3 is 0 Å². The maximum Gasteiger partial charge on any atom is 0.224 e. The smallest absolute Gasteiger partial charge is 0.224 e. The average Bonchev–Trinajstić information content (AvgIpc) is 2.22. The molecule has 0 radical (unpaired) electrons. The Balaban J connectivity index is 2.85. The molecule has 0 amide bonds. The number of pyridine rings is 1. The van der Waals surface area contributed by atoms with Crippen molar-refractivity contribution in [2.75, 3.05) is 6.61 Å². The molecule has 17 heavy (non-hydrogen) atoms. The molecule has 1 heterocycles. The third kappa shape index (κ3) is 3.97. The topological polar surface area (TPSA) is 48.1 Å². The Labute approximate surface area is 108 Å². The number of hydrogen-bond donors (Lipinski definition) is 1. The molecule has 0 bridgehead atoms. The summed E-state index contributed by atoms with van der Waals surface area (Å²) in [7, 11) is 0. The molecule has 0 saturated carbocycles. The Bertz CT molecular complexity index is 405. The van der Waals surface area contributed by atoms with E-state index in [0.29, 0.717) is 17.5 Å². The van der Waals surface area contributed by atoms with Gasteiger partial charge in [0, 0.05) is 5.69 Å². The summed E-state index contributed by atoms with van der Waals surface area (Å²) in [5, 5.41) is 0. The molecule has 94 valence electrons. The number of rotatable bonds is 6. The molecule has 2 N–H and O–H groups in total. The number of unbranched alkanes of at least 4 members (excludes halogenated alkanes) is 2. The lowest BCUT2D eigenvalue weighted by molar-refractivity contribution is 0.293. The van der Waals surface area contributed by atoms with Gasteiger partial charge in [-0.15, -0.1) is 0 Å². The first kappa shape index (κ1) is 13.9. The van der Waals surface area contributed by atoms with Crippen molar-refractivity contribution in [3.05, 3.63) is 22.9 Å². The van der Waals surface area contributed by atoms with Crippen LogP contribution >= 0.6 is 12.2 Å². The van der Waals surface area contributed by atoms with E-state index in [9.17, 15) is 0 Å². The molecule has 0 fully saturated rings. The number of ether oxygens (including phenoxy) is 1. The fourth-order valence-electron chi connectivity index (χ4n) is 1.73. The lowest BCUT2D eigenvalue weighted by atomic mass is 10.1. The Kier molecular flexibility index (Phi) is 5.35. The number of hydrogen-bond acceptors (Lipinski definition) is 3. The largest absolute Gasteiger partial charge is 0.477 e. The number of aromatic nitrogens is 1. The van der Waals surface area contributed by atoms with Crippen LogP contribution in [0.15, 0.2) is 6.07 Å². The van der Waals surface area contributed by atoms with Gasteiger partial charge in [-0.25, -0.2) is 4.98 Å². The zero-order valence-electron chi connectivity index (χ0n) is 10.7. The highest BCUT2D eigenvalue weighted by Gasteiger charge is 2.12. The highest BCUT2D eigenvalue weighted by atomic mass is 32.1. The molecule has 1 aromatic rings. The first-order chi connectivity index (χ1) is 8.06. The van der Waals surface area contributed by atoms with Crippen molar-refractivity contribution in [1.29, 1.82) is 0 Å². The highest BCUT2D eigenvalue weighted by molar-refractivity contribution is 7.80. The van der Waals surface area contributed by atoms with E-state index in [1.165, 1.54) is 6.42 Å². The lowest BCUT2D eigenvalue weighted by Crippen LogP contribution is -2.15. The van der Waals surface area contributed by atoms with E-state index < -0.39 is 0 Å². The predicted octanol–water partition coefficient (Wildman–Crippen LogP) is 2.90. The zero-order chi connectivity index (χ0) is 12.8. The molecule has 0 aromatic carbocycles. The summed E-state index contributed by atoms with van der Waals surface area (Å²) in [4.78, 5) is 4.71. The number of nitrogens with two attached hydrogens (primary N) is 1. The third-order valence-electron chi connectivity index (χ3n) is 2.54. The van der Waals surface area contributed by atoms with E-state index in [4.69, 9.17) is 22.7 Å². The molecule has 0 atom stereocenters. The summed E-state index contributed by atoms with van der Waals surface area (Å²) < 4.78 is 5.68. The van der Waals surface area contributed by atoms with Gasteiger partial charge in [0.2, 0.25) is 5.88 Å². The van der Waals surface area contributed by atoms with E-state index >= 15 is 0 Å². The Morgan fingerprint density at radius 2 is 2.12 bits per heavy atom. The fraction of sp³-hybridized carbons (Fsp3) is 0.538. The maximum atomic E-state index is 5.71. The van der Waals surface area contributed by atoms with Crippen LogP contribution in [-0.2, 0) is 0 Å². The Morgan fingerprint density at radius 3 is 2.71 bits per heavy atom. The minimum absolute atomic E-state index is 0.348. The lowest BCUT2D eigenvalue weighted by Gasteiger charge is -2.12. The SMILES string of the molecule is CCCCCOc1nc(C)cc(C)c1C(N)=S. The second kappa shape index (κ2) is 6.55. The summed E-state index contributed by atoms with van der Waals surface area (Å²) in [6, 6.07) is 1.97. The van der Waals surface area contributed by atoms with Gasteiger partial charge in [-0.2, -0.15) is 0 Å². The van der Waals surface area contributed by atoms with Crippen LogP contribution in [-0.4, -0.2) is 16.6 Å². The minimum atomic E-state index is 0.348. The van der Waals surface area contributed by atoms with E-state index in [2.05, 4.69) is 11.9 Å². The van der Waals surface area contributed by atoms with Crippen molar-refractivity contribution in [1.82, 2.24) is 4.98 Å². The fourth-order valence-corrected chi connectivity index (χ4v) is 1.98. The summed E-state index contributed by atoms with van der Waals surface area (Å²) >= 11 is 5.04. The van der Waals surface area contributed by atoms with Crippen molar-refractivity contribution < 1.29 is 4.74 Å². The quantitative estimate of drug-likeness (QED) is 0.624. The van der Waals surface area contributed by atoms with Gasteiger partial charge in [-0.1, -0.05) is 32.0 Å². The van der Waals surface area contributed by atoms with Crippen LogP contribution in [0.5, 0.6) is 5.88 Å². The van der Waals surface area contributed by atoms with Crippen LogP contribution in [0.2, 0.25) is 0 Å². The summed E-state index contributed by atoms with van der Waals surface area (Å²) in [5.41, 5.74) is 8.42. The van der Waals surface area contributed by atoms with Crippen LogP contribution in [0.4, 0.5) is 0 Å². The molecule has 0 aliphatic carbocycles. The standard InChI is InChI=1S/C13H20N2OS/c1-4-5-6-7-16-13-11(12(14)17)9(2)8-10(3)15-13/h8H,4-7H2,1-3H3,(H2,14,17). The summed E-state index contributed by atoms with van der Waals surface area (Å²) in [5.74, 6) is 0.575. The second-order valence-electron chi connectivity index (χ2n) is 4.18. The number of thiocarbonyl (C=S) groups is 1. The number of nitrogens with zero attached hydrogens (tertiary/aromatic N) is 1. The average molecular weight is 252 g/mol. The molecular weight excluding hydrogens is 232 g/mol. The Morgan fingerprint density at radius 1 is 1.41 bits per heavy atom. The molecule has 4 heteroatoms. The maximum absolute atomic E-state index is 5.71. The second-order valence-corrected chi connectivity index (χ2v) is 4.62. The first-order valence-corrected chi connectivity index (χ1v) is 6.38. The Hall–Kier alpha value is -1.16. The molecule has 0 saturated heterocycles. The third-order valence-corrected chi connectivity index (χ3v) is 2.75. The van der Waals surface area contributed by atoms with Crippen molar-refractivity contribution >= 4 is 17.2 Å². The van der Waals surface area contributed by atoms with Gasteiger partial charge in [-0.3, -0.25) is 0 Å². The molecule has 3 nitrogen and oxygen atoms in total. The van der Waals surface area contributed by atoms with Crippen molar-refractivity contribution in [3.63, 3.8) is 0 Å². The van der Waals surface area contributed by atoms with Crippen LogP contribution in [0.25, 0.3) is 0 Å². The van der Waals surface area contributed by atoms with Crippen LogP contribution < -0.4 is 10.5 Å². The zero-order valence-corrected chi connectivity index (χ0v) is 11.6. The van der Waals surface area contributed by atoms with Crippen molar-refractivity contribution in [3.8, 4) is 5.88 Å². The van der Waals surface area contributed by atoms with E-state index in [1.54, 1.807) is 0 Å². The molecule has 0 aliphatic heterocycles. The van der Waals surface area contributed by atoms with Gasteiger partial charge in [0.25, 0.3) is 0 Å². The van der Waals surface area contributed by atoms with E-state index in [1.807, 2.05) is 19.9 Å². The molecule has 0 aliphatic rings. The summed E-state index contributed by atoms with van der Waals surface area (Å²) in [6.45, 7) is 6.74. The summed E-state index contributed by atoms with van der Waals surface area (Å²) in [6.07, 6.45) is 3.36. The van der Waals surface area contributed by atoms with Crippen LogP contribution in [0.3, 0.4) is 0 Å². The normalized spacial score (nSPS) is 10.3. The molecule has 1 rings (SSSR count). The van der Waals surface area contributed by atoms with Gasteiger partial charge in [0.15, 0.2) is 0 Å². The minimum Gasteiger partial charge on any atom is -0.477 e. The van der Waals surface area contributed by atoms with Crippen LogP contribution in [0, 0.1) is 13.8 Å². The molecule has 0 unspecified atom stereocenters. The van der Waals surface area contributed by atoms with Gasteiger partial charge in [-0.05, 0) is 31.9 Å². The monoisotopic (exact) mass is 252 g/mol. The van der Waals surface area contributed by atoms with Crippen molar-refractivity contribution in [2.24, 2.45) is 5.73 Å². The van der Waals surface area contributed by atoms with Gasteiger partial charge < -0.3 is 10.5 Å². The van der Waals surface area contributed by atoms with Gasteiger partial charge in [0.1, 0.15) is 4.99 Å². The first-order valence-electron chi connectivity index (χ1n) is 5.97. The van der Waals surface area contributed by atoms with Crippen molar-refractivity contribution in [2.45, 2.75) is 40.0 Å². The molecule has 0 spiro atoms. The van der Waals surface area contributed by atoms with Crippen LogP contribution in [0.1, 0.15) is 43.0 Å². The van der Waals surface area contributed by atoms with E-state index in [-0.39, 0.29) is 0 Å². The van der Waals surface area contributed by atoms with E-state index in [0.717, 1.165) is 29.7 Å². The number of aryl methyl sites for hydroxylation is 2. The van der Waals surface area contributed by atoms with Gasteiger partial charge in [0.05, 0.1) is 12.2 Å². The highest BCUT2D eigenvalue weighted by Crippen LogP contribution is 2.21. The molecular formula is C13H20N2OS. The molecule has 1 aromatic heterocycles. The predicted molar refractivity (Wildman–Crippen MR) is 74.6 cm³/mol.